The maximum Gasteiger partial charge on any atom is 0.265 e. The van der Waals surface area contributed by atoms with E-state index in [1.54, 1.807) is 12.1 Å². The predicted molar refractivity (Wildman–Crippen MR) is 125 cm³/mol. The van der Waals surface area contributed by atoms with Crippen LogP contribution in [0.2, 0.25) is 0 Å². The second kappa shape index (κ2) is 11.6. The van der Waals surface area contributed by atoms with Crippen molar-refractivity contribution >= 4 is 21.6 Å². The Morgan fingerprint density at radius 2 is 1.52 bits per heavy atom. The van der Waals surface area contributed by atoms with E-state index in [2.05, 4.69) is 5.32 Å². The van der Waals surface area contributed by atoms with Crippen LogP contribution in [-0.2, 0) is 14.8 Å². The van der Waals surface area contributed by atoms with Crippen LogP contribution in [0, 0.1) is 0 Å². The summed E-state index contributed by atoms with van der Waals surface area (Å²) in [5.74, 6) is 0.827. The van der Waals surface area contributed by atoms with Crippen molar-refractivity contribution in [2.75, 3.05) is 66.5 Å². The number of methoxy groups -OCH3 is 4. The molecule has 33 heavy (non-hydrogen) atoms. The molecule has 1 N–H and O–H groups in total. The van der Waals surface area contributed by atoms with Crippen molar-refractivity contribution in [3.05, 3.63) is 36.4 Å². The summed E-state index contributed by atoms with van der Waals surface area (Å²) in [6, 6.07) is 8.95. The second-order valence-electron chi connectivity index (χ2n) is 7.22. The van der Waals surface area contributed by atoms with E-state index in [9.17, 15) is 13.2 Å². The van der Waals surface area contributed by atoms with Gasteiger partial charge in [-0.3, -0.25) is 9.10 Å². The van der Waals surface area contributed by atoms with E-state index in [1.807, 2.05) is 19.0 Å². The number of anilines is 1. The number of rotatable bonds is 12. The van der Waals surface area contributed by atoms with Crippen molar-refractivity contribution < 1.29 is 32.2 Å². The Morgan fingerprint density at radius 3 is 2.09 bits per heavy atom. The third-order valence-corrected chi connectivity index (χ3v) is 6.52. The van der Waals surface area contributed by atoms with E-state index in [0.717, 1.165) is 4.31 Å². The molecule has 0 bridgehead atoms. The van der Waals surface area contributed by atoms with Crippen molar-refractivity contribution in [3.8, 4) is 23.0 Å². The quantitative estimate of drug-likeness (QED) is 0.487. The highest BCUT2D eigenvalue weighted by Crippen LogP contribution is 2.37. The van der Waals surface area contributed by atoms with E-state index in [0.29, 0.717) is 24.6 Å². The van der Waals surface area contributed by atoms with E-state index >= 15 is 0 Å². The molecule has 0 unspecified atom stereocenters. The maximum absolute atomic E-state index is 13.7. The predicted octanol–water partition coefficient (Wildman–Crippen LogP) is 1.59. The molecular formula is C22H31N3O7S. The molecule has 0 heterocycles. The zero-order valence-corrected chi connectivity index (χ0v) is 20.6. The van der Waals surface area contributed by atoms with Gasteiger partial charge in [-0.25, -0.2) is 8.42 Å². The first-order valence-corrected chi connectivity index (χ1v) is 11.5. The van der Waals surface area contributed by atoms with Crippen molar-refractivity contribution in [1.82, 2.24) is 10.2 Å². The summed E-state index contributed by atoms with van der Waals surface area (Å²) >= 11 is 0. The number of nitrogens with one attached hydrogen (secondary N) is 1. The van der Waals surface area contributed by atoms with Crippen LogP contribution >= 0.6 is 0 Å². The third-order valence-electron chi connectivity index (χ3n) is 4.77. The fraction of sp³-hybridized carbons (Fsp3) is 0.409. The fourth-order valence-electron chi connectivity index (χ4n) is 3.00. The number of likely N-dealkylation sites (N-methyl/N-ethyl adjacent to an activating group) is 1. The maximum atomic E-state index is 13.7. The summed E-state index contributed by atoms with van der Waals surface area (Å²) in [7, 11) is 5.29. The molecule has 0 saturated carbocycles. The molecular weight excluding hydrogens is 450 g/mol. The number of carbonyl (C=O) groups is 1. The number of hydrogen-bond acceptors (Lipinski definition) is 8. The van der Waals surface area contributed by atoms with Gasteiger partial charge in [0.1, 0.15) is 18.0 Å². The van der Waals surface area contributed by atoms with Gasteiger partial charge in [0.15, 0.2) is 11.5 Å². The summed E-state index contributed by atoms with van der Waals surface area (Å²) in [6.07, 6.45) is 0. The van der Waals surface area contributed by atoms with Crippen LogP contribution < -0.4 is 28.6 Å². The van der Waals surface area contributed by atoms with E-state index < -0.39 is 22.5 Å². The van der Waals surface area contributed by atoms with Crippen LogP contribution in [0.25, 0.3) is 0 Å². The molecule has 0 aromatic heterocycles. The first-order chi connectivity index (χ1) is 15.7. The van der Waals surface area contributed by atoms with Crippen molar-refractivity contribution in [3.63, 3.8) is 0 Å². The highest BCUT2D eigenvalue weighted by Gasteiger charge is 2.30. The van der Waals surface area contributed by atoms with Gasteiger partial charge in [0.2, 0.25) is 5.91 Å². The second-order valence-corrected chi connectivity index (χ2v) is 9.08. The Hall–Kier alpha value is -3.18. The number of carbonyl (C=O) groups excluding carboxylic acids is 1. The molecule has 2 aromatic carbocycles. The molecule has 0 aliphatic carbocycles. The van der Waals surface area contributed by atoms with Crippen LogP contribution in [0.4, 0.5) is 5.69 Å². The number of amides is 1. The van der Waals surface area contributed by atoms with Gasteiger partial charge in [-0.1, -0.05) is 0 Å². The molecule has 0 radical (unpaired) electrons. The summed E-state index contributed by atoms with van der Waals surface area (Å²) in [6.45, 7) is 0.510. The fourth-order valence-corrected chi connectivity index (χ4v) is 4.44. The van der Waals surface area contributed by atoms with Crippen LogP contribution in [0.3, 0.4) is 0 Å². The van der Waals surface area contributed by atoms with Gasteiger partial charge in [0, 0.05) is 25.2 Å². The Morgan fingerprint density at radius 1 is 0.879 bits per heavy atom. The highest BCUT2D eigenvalue weighted by atomic mass is 32.2. The van der Waals surface area contributed by atoms with Gasteiger partial charge >= 0.3 is 0 Å². The molecule has 0 spiro atoms. The highest BCUT2D eigenvalue weighted by molar-refractivity contribution is 7.92. The van der Waals surface area contributed by atoms with Crippen LogP contribution in [0.1, 0.15) is 0 Å². The molecule has 11 heteroatoms. The molecule has 2 aromatic rings. The Kier molecular flexibility index (Phi) is 9.18. The molecule has 0 aliphatic rings. The van der Waals surface area contributed by atoms with Crippen LogP contribution in [0.5, 0.6) is 23.0 Å². The third kappa shape index (κ3) is 6.42. The smallest absolute Gasteiger partial charge is 0.265 e. The molecule has 0 fully saturated rings. The summed E-state index contributed by atoms with van der Waals surface area (Å²) in [4.78, 5) is 14.5. The van der Waals surface area contributed by atoms with Gasteiger partial charge in [0.05, 0.1) is 39.0 Å². The van der Waals surface area contributed by atoms with Crippen molar-refractivity contribution in [1.29, 1.82) is 0 Å². The summed E-state index contributed by atoms with van der Waals surface area (Å²) in [5, 5.41) is 2.74. The Balaban J connectivity index is 2.56. The largest absolute Gasteiger partial charge is 0.497 e. The molecule has 0 saturated heterocycles. The lowest BCUT2D eigenvalue weighted by molar-refractivity contribution is -0.119. The molecule has 0 atom stereocenters. The van der Waals surface area contributed by atoms with Gasteiger partial charge < -0.3 is 29.2 Å². The van der Waals surface area contributed by atoms with Crippen molar-refractivity contribution in [2.24, 2.45) is 0 Å². The van der Waals surface area contributed by atoms with Gasteiger partial charge in [-0.05, 0) is 38.4 Å². The first kappa shape index (κ1) is 26.1. The zero-order chi connectivity index (χ0) is 24.6. The lowest BCUT2D eigenvalue weighted by atomic mass is 10.2. The SMILES string of the molecule is COc1ccc(OC)c(N(CC(=O)NCCN(C)C)S(=O)(=O)c2ccc(OC)c(OC)c2)c1. The van der Waals surface area contributed by atoms with E-state index in [1.165, 1.54) is 52.7 Å². The minimum Gasteiger partial charge on any atom is -0.497 e. The normalized spacial score (nSPS) is 11.1. The van der Waals surface area contributed by atoms with Crippen LogP contribution in [0.15, 0.2) is 41.3 Å². The van der Waals surface area contributed by atoms with Crippen LogP contribution in [-0.4, -0.2) is 81.4 Å². The number of benzene rings is 2. The summed E-state index contributed by atoms with van der Waals surface area (Å²) < 4.78 is 49.6. The monoisotopic (exact) mass is 481 g/mol. The number of ether oxygens (including phenoxy) is 4. The Labute approximate surface area is 195 Å². The number of nitrogens with zero attached hydrogens (tertiary/aromatic N) is 2. The van der Waals surface area contributed by atoms with Gasteiger partial charge in [-0.2, -0.15) is 0 Å². The molecule has 10 nitrogen and oxygen atoms in total. The molecule has 2 rings (SSSR count). The molecule has 1 amide bonds. The van der Waals surface area contributed by atoms with Crippen molar-refractivity contribution in [2.45, 2.75) is 4.90 Å². The average Bonchev–Trinajstić information content (AvgIpc) is 2.81. The molecule has 0 aliphatic heterocycles. The minimum absolute atomic E-state index is 0.0777. The van der Waals surface area contributed by atoms with Gasteiger partial charge in [0.25, 0.3) is 10.0 Å². The average molecular weight is 482 g/mol. The first-order valence-electron chi connectivity index (χ1n) is 10.1. The topological polar surface area (TPSA) is 107 Å². The number of sulfonamides is 1. The lowest BCUT2D eigenvalue weighted by Crippen LogP contribution is -2.42. The number of hydrogen-bond donors (Lipinski definition) is 1. The molecule has 182 valence electrons. The zero-order valence-electron chi connectivity index (χ0n) is 19.7. The minimum atomic E-state index is -4.21. The summed E-state index contributed by atoms with van der Waals surface area (Å²) in [5.41, 5.74) is 0.161. The van der Waals surface area contributed by atoms with Gasteiger partial charge in [-0.15, -0.1) is 0 Å². The van der Waals surface area contributed by atoms with E-state index in [4.69, 9.17) is 18.9 Å². The van der Waals surface area contributed by atoms with E-state index in [-0.39, 0.29) is 22.1 Å². The lowest BCUT2D eigenvalue weighted by Gasteiger charge is -2.26. The Bertz CT molecular complexity index is 1060. The standard InChI is InChI=1S/C22H31N3O7S/c1-24(2)12-11-23-22(26)15-25(18-13-16(29-3)7-9-19(18)30-4)33(27,28)17-8-10-20(31-5)21(14-17)32-6/h7-10,13-14H,11-12,15H2,1-6H3,(H,23,26).